The zero-order valence-corrected chi connectivity index (χ0v) is 15.6. The van der Waals surface area contributed by atoms with Crippen molar-refractivity contribution in [1.29, 1.82) is 0 Å². The second-order valence-electron chi connectivity index (χ2n) is 6.74. The number of benzene rings is 2. The first kappa shape index (κ1) is 19.3. The average molecular weight is 372 g/mol. The quantitative estimate of drug-likeness (QED) is 0.465. The van der Waals surface area contributed by atoms with Gasteiger partial charge in [-0.25, -0.2) is 8.78 Å². The molecule has 0 saturated heterocycles. The van der Waals surface area contributed by atoms with Gasteiger partial charge in [0.2, 0.25) is 0 Å². The summed E-state index contributed by atoms with van der Waals surface area (Å²) in [4.78, 5) is 6.59. The van der Waals surface area contributed by atoms with Gasteiger partial charge in [0.05, 0.1) is 0 Å². The normalized spacial score (nSPS) is 14.7. The van der Waals surface area contributed by atoms with Crippen LogP contribution in [0.1, 0.15) is 23.1 Å². The monoisotopic (exact) mass is 372 g/mol. The summed E-state index contributed by atoms with van der Waals surface area (Å²) < 4.78 is 26.9. The summed E-state index contributed by atoms with van der Waals surface area (Å²) in [6.45, 7) is 4.05. The SMILES string of the molecule is CN=C(NCCCN1CCc2ccccc2C1)NCc1cc(F)ccc1F. The molecule has 2 N–H and O–H groups in total. The van der Waals surface area contributed by atoms with Gasteiger partial charge in [0.15, 0.2) is 5.96 Å². The van der Waals surface area contributed by atoms with Crippen molar-refractivity contribution in [3.8, 4) is 0 Å². The van der Waals surface area contributed by atoms with Crippen molar-refractivity contribution in [1.82, 2.24) is 15.5 Å². The third kappa shape index (κ3) is 5.50. The third-order valence-electron chi connectivity index (χ3n) is 4.83. The van der Waals surface area contributed by atoms with Crippen molar-refractivity contribution in [2.45, 2.75) is 25.9 Å². The Morgan fingerprint density at radius 1 is 1.11 bits per heavy atom. The highest BCUT2D eigenvalue weighted by Gasteiger charge is 2.14. The minimum absolute atomic E-state index is 0.187. The Hall–Kier alpha value is -2.47. The number of rotatable bonds is 6. The van der Waals surface area contributed by atoms with Crippen molar-refractivity contribution in [3.63, 3.8) is 0 Å². The molecule has 0 saturated carbocycles. The predicted molar refractivity (Wildman–Crippen MR) is 105 cm³/mol. The number of guanidine groups is 1. The maximum absolute atomic E-state index is 13.7. The summed E-state index contributed by atoms with van der Waals surface area (Å²) in [5.74, 6) is -0.286. The second kappa shape index (κ2) is 9.46. The fourth-order valence-electron chi connectivity index (χ4n) is 3.33. The van der Waals surface area contributed by atoms with E-state index < -0.39 is 11.6 Å². The van der Waals surface area contributed by atoms with E-state index in [2.05, 4.69) is 44.8 Å². The van der Waals surface area contributed by atoms with Crippen LogP contribution in [0.25, 0.3) is 0 Å². The maximum atomic E-state index is 13.7. The number of aliphatic imine (C=N–C) groups is 1. The number of hydrogen-bond acceptors (Lipinski definition) is 2. The molecule has 4 nitrogen and oxygen atoms in total. The van der Waals surface area contributed by atoms with E-state index in [9.17, 15) is 8.78 Å². The zero-order valence-electron chi connectivity index (χ0n) is 15.6. The Labute approximate surface area is 159 Å². The summed E-state index contributed by atoms with van der Waals surface area (Å²) >= 11 is 0. The van der Waals surface area contributed by atoms with Crippen LogP contribution in [0.2, 0.25) is 0 Å². The molecule has 0 amide bonds. The van der Waals surface area contributed by atoms with Gasteiger partial charge >= 0.3 is 0 Å². The lowest BCUT2D eigenvalue weighted by Crippen LogP contribution is -2.39. The van der Waals surface area contributed by atoms with Crippen LogP contribution in [-0.4, -0.2) is 37.5 Å². The predicted octanol–water partition coefficient (Wildman–Crippen LogP) is 3.08. The molecule has 0 aromatic heterocycles. The Balaban J connectivity index is 1.38. The van der Waals surface area contributed by atoms with Gasteiger partial charge in [0.25, 0.3) is 0 Å². The molecule has 1 heterocycles. The molecule has 0 spiro atoms. The lowest BCUT2D eigenvalue weighted by atomic mass is 10.00. The summed E-state index contributed by atoms with van der Waals surface area (Å²) in [5.41, 5.74) is 3.16. The van der Waals surface area contributed by atoms with Crippen LogP contribution in [-0.2, 0) is 19.5 Å². The van der Waals surface area contributed by atoms with Crippen LogP contribution in [0, 0.1) is 11.6 Å². The number of fused-ring (bicyclic) bond motifs is 1. The highest BCUT2D eigenvalue weighted by atomic mass is 19.1. The zero-order chi connectivity index (χ0) is 19.1. The van der Waals surface area contributed by atoms with Gasteiger partial charge in [0, 0.05) is 45.3 Å². The van der Waals surface area contributed by atoms with E-state index in [-0.39, 0.29) is 12.1 Å². The first-order valence-electron chi connectivity index (χ1n) is 9.33. The molecule has 3 rings (SSSR count). The Bertz CT molecular complexity index is 792. The summed E-state index contributed by atoms with van der Waals surface area (Å²) in [6.07, 6.45) is 2.09. The largest absolute Gasteiger partial charge is 0.356 e. The van der Waals surface area contributed by atoms with Gasteiger partial charge in [0.1, 0.15) is 11.6 Å². The lowest BCUT2D eigenvalue weighted by molar-refractivity contribution is 0.251. The Kier molecular flexibility index (Phi) is 6.76. The molecule has 0 bridgehead atoms. The van der Waals surface area contributed by atoms with Gasteiger partial charge in [-0.1, -0.05) is 24.3 Å². The molecule has 0 unspecified atom stereocenters. The Morgan fingerprint density at radius 2 is 1.93 bits per heavy atom. The van der Waals surface area contributed by atoms with Crippen molar-refractivity contribution in [2.24, 2.45) is 4.99 Å². The topological polar surface area (TPSA) is 39.7 Å². The summed E-state index contributed by atoms with van der Waals surface area (Å²) in [5, 5.41) is 6.25. The van der Waals surface area contributed by atoms with E-state index >= 15 is 0 Å². The second-order valence-corrected chi connectivity index (χ2v) is 6.74. The van der Waals surface area contributed by atoms with Crippen LogP contribution in [0.3, 0.4) is 0 Å². The van der Waals surface area contributed by atoms with Crippen molar-refractivity contribution in [2.75, 3.05) is 26.7 Å². The highest BCUT2D eigenvalue weighted by Crippen LogP contribution is 2.18. The molecule has 2 aromatic rings. The van der Waals surface area contributed by atoms with Crippen molar-refractivity contribution >= 4 is 5.96 Å². The number of halogens is 2. The molecular formula is C21H26F2N4. The van der Waals surface area contributed by atoms with E-state index in [1.54, 1.807) is 7.05 Å². The molecule has 27 heavy (non-hydrogen) atoms. The molecular weight excluding hydrogens is 346 g/mol. The van der Waals surface area contributed by atoms with Crippen LogP contribution in [0.4, 0.5) is 8.78 Å². The first-order valence-corrected chi connectivity index (χ1v) is 9.33. The van der Waals surface area contributed by atoms with E-state index in [0.717, 1.165) is 51.2 Å². The minimum Gasteiger partial charge on any atom is -0.356 e. The fraction of sp³-hybridized carbons (Fsp3) is 0.381. The molecule has 144 valence electrons. The molecule has 0 atom stereocenters. The number of nitrogens with one attached hydrogen (secondary N) is 2. The van der Waals surface area contributed by atoms with E-state index in [1.807, 2.05) is 0 Å². The molecule has 1 aliphatic heterocycles. The molecule has 0 radical (unpaired) electrons. The molecule has 6 heteroatoms. The van der Waals surface area contributed by atoms with E-state index in [1.165, 1.54) is 17.2 Å². The maximum Gasteiger partial charge on any atom is 0.191 e. The van der Waals surface area contributed by atoms with Crippen LogP contribution in [0.15, 0.2) is 47.5 Å². The van der Waals surface area contributed by atoms with Gasteiger partial charge in [-0.05, 0) is 42.2 Å². The van der Waals surface area contributed by atoms with Crippen molar-refractivity contribution < 1.29 is 8.78 Å². The molecule has 0 aliphatic carbocycles. The Morgan fingerprint density at radius 3 is 2.74 bits per heavy atom. The number of hydrogen-bond donors (Lipinski definition) is 2. The smallest absolute Gasteiger partial charge is 0.191 e. The van der Waals surface area contributed by atoms with Gasteiger partial charge in [-0.2, -0.15) is 0 Å². The summed E-state index contributed by atoms with van der Waals surface area (Å²) in [6, 6.07) is 12.1. The highest BCUT2D eigenvalue weighted by molar-refractivity contribution is 5.79. The fourth-order valence-corrected chi connectivity index (χ4v) is 3.33. The molecule has 1 aliphatic rings. The standard InChI is InChI=1S/C21H26F2N4/c1-24-21(26-14-18-13-19(22)7-8-20(18)23)25-10-4-11-27-12-9-16-5-2-3-6-17(16)15-27/h2-3,5-8,13H,4,9-12,14-15H2,1H3,(H2,24,25,26). The van der Waals surface area contributed by atoms with Crippen molar-refractivity contribution in [3.05, 3.63) is 70.8 Å². The van der Waals surface area contributed by atoms with Gasteiger partial charge in [-0.15, -0.1) is 0 Å². The van der Waals surface area contributed by atoms with Gasteiger partial charge < -0.3 is 10.6 Å². The van der Waals surface area contributed by atoms with E-state index in [4.69, 9.17) is 0 Å². The van der Waals surface area contributed by atoms with Crippen LogP contribution < -0.4 is 10.6 Å². The van der Waals surface area contributed by atoms with Crippen LogP contribution in [0.5, 0.6) is 0 Å². The van der Waals surface area contributed by atoms with Crippen LogP contribution >= 0.6 is 0 Å². The molecule has 2 aromatic carbocycles. The van der Waals surface area contributed by atoms with E-state index in [0.29, 0.717) is 5.96 Å². The van der Waals surface area contributed by atoms with Gasteiger partial charge in [-0.3, -0.25) is 9.89 Å². The summed E-state index contributed by atoms with van der Waals surface area (Å²) in [7, 11) is 1.67. The average Bonchev–Trinajstić information content (AvgIpc) is 2.69. The lowest BCUT2D eigenvalue weighted by Gasteiger charge is -2.28. The number of nitrogens with zero attached hydrogens (tertiary/aromatic N) is 2. The molecule has 0 fully saturated rings. The minimum atomic E-state index is -0.445. The first-order chi connectivity index (χ1) is 13.2. The third-order valence-corrected chi connectivity index (χ3v) is 4.83.